The van der Waals surface area contributed by atoms with Gasteiger partial charge in [0.05, 0.1) is 11.1 Å². The third-order valence-electron chi connectivity index (χ3n) is 2.82. The number of carbonyl (C=O) groups is 1. The quantitative estimate of drug-likeness (QED) is 0.742. The molecule has 7 heteroatoms. The fourth-order valence-electron chi connectivity index (χ4n) is 1.80. The number of rotatable bonds is 1. The molecule has 1 aliphatic rings. The van der Waals surface area contributed by atoms with Crippen molar-refractivity contribution in [2.45, 2.75) is 6.18 Å². The highest BCUT2D eigenvalue weighted by molar-refractivity contribution is 7.99. The van der Waals surface area contributed by atoms with Gasteiger partial charge in [-0.05, 0) is 18.2 Å². The van der Waals surface area contributed by atoms with E-state index in [0.29, 0.717) is 42.8 Å². The smallest absolute Gasteiger partial charge is 0.337 e. The van der Waals surface area contributed by atoms with Crippen molar-refractivity contribution in [3.63, 3.8) is 0 Å². The van der Waals surface area contributed by atoms with Crippen LogP contribution in [0.15, 0.2) is 18.2 Å². The summed E-state index contributed by atoms with van der Waals surface area (Å²) in [4.78, 5) is 13.4. The van der Waals surface area contributed by atoms with Crippen LogP contribution in [0.3, 0.4) is 0 Å². The van der Waals surface area contributed by atoms with Crippen LogP contribution in [0.5, 0.6) is 0 Å². The van der Waals surface area contributed by atoms with E-state index in [2.05, 4.69) is 0 Å². The molecule has 1 aromatic carbocycles. The number of thioether (sulfide) groups is 1. The zero-order valence-corrected chi connectivity index (χ0v) is 10.7. The second kappa shape index (κ2) is 5.40. The molecule has 0 saturated carbocycles. The highest BCUT2D eigenvalue weighted by Crippen LogP contribution is 2.30. The molecule has 0 radical (unpaired) electrons. The molecule has 0 atom stereocenters. The molecular weight excluding hydrogens is 282 g/mol. The molecule has 0 aromatic heterocycles. The summed E-state index contributed by atoms with van der Waals surface area (Å²) < 4.78 is 51.2. The lowest BCUT2D eigenvalue weighted by atomic mass is 10.1. The van der Waals surface area contributed by atoms with Crippen LogP contribution in [0.2, 0.25) is 0 Å². The summed E-state index contributed by atoms with van der Waals surface area (Å²) >= 11 is 1.66. The van der Waals surface area contributed by atoms with E-state index >= 15 is 0 Å². The van der Waals surface area contributed by atoms with E-state index in [0.717, 1.165) is 0 Å². The predicted octanol–water partition coefficient (Wildman–Crippen LogP) is 3.03. The Bertz CT molecular complexity index is 483. The standard InChI is InChI=1S/C12H11F4NOS/c13-10-2-1-8(12(14,15)16)7-9(10)11(18)17-3-5-19-6-4-17/h1-2,7H,3-6H2. The molecule has 0 unspecified atom stereocenters. The Morgan fingerprint density at radius 2 is 1.84 bits per heavy atom. The molecule has 19 heavy (non-hydrogen) atoms. The number of alkyl halides is 3. The van der Waals surface area contributed by atoms with Crippen molar-refractivity contribution in [2.24, 2.45) is 0 Å². The Labute approximate surface area is 111 Å². The van der Waals surface area contributed by atoms with E-state index in [9.17, 15) is 22.4 Å². The van der Waals surface area contributed by atoms with Gasteiger partial charge in [0.1, 0.15) is 5.82 Å². The average molecular weight is 293 g/mol. The van der Waals surface area contributed by atoms with Crippen LogP contribution >= 0.6 is 11.8 Å². The van der Waals surface area contributed by atoms with Crippen LogP contribution in [0.25, 0.3) is 0 Å². The minimum Gasteiger partial charge on any atom is -0.337 e. The van der Waals surface area contributed by atoms with Gasteiger partial charge in [0.15, 0.2) is 0 Å². The Kier molecular flexibility index (Phi) is 4.03. The molecule has 1 fully saturated rings. The van der Waals surface area contributed by atoms with Gasteiger partial charge in [-0.1, -0.05) is 0 Å². The molecule has 2 nitrogen and oxygen atoms in total. The van der Waals surface area contributed by atoms with Crippen LogP contribution in [-0.4, -0.2) is 35.4 Å². The van der Waals surface area contributed by atoms with Crippen LogP contribution in [0.4, 0.5) is 17.6 Å². The number of hydrogen-bond acceptors (Lipinski definition) is 2. The normalized spacial score (nSPS) is 16.5. The molecule has 1 heterocycles. The van der Waals surface area contributed by atoms with Gasteiger partial charge in [-0.3, -0.25) is 4.79 Å². The number of benzene rings is 1. The van der Waals surface area contributed by atoms with E-state index in [4.69, 9.17) is 0 Å². The van der Waals surface area contributed by atoms with Crippen LogP contribution < -0.4 is 0 Å². The Hall–Kier alpha value is -1.24. The van der Waals surface area contributed by atoms with Crippen molar-refractivity contribution in [1.29, 1.82) is 0 Å². The Morgan fingerprint density at radius 3 is 2.42 bits per heavy atom. The summed E-state index contributed by atoms with van der Waals surface area (Å²) in [5, 5.41) is 0. The number of hydrogen-bond donors (Lipinski definition) is 0. The first kappa shape index (κ1) is 14.2. The summed E-state index contributed by atoms with van der Waals surface area (Å²) in [7, 11) is 0. The third kappa shape index (κ3) is 3.20. The summed E-state index contributed by atoms with van der Waals surface area (Å²) in [6, 6.07) is 1.91. The van der Waals surface area contributed by atoms with Gasteiger partial charge >= 0.3 is 6.18 Å². The Morgan fingerprint density at radius 1 is 1.21 bits per heavy atom. The van der Waals surface area contributed by atoms with Crippen LogP contribution in [0, 0.1) is 5.82 Å². The second-order valence-electron chi connectivity index (χ2n) is 4.10. The highest BCUT2D eigenvalue weighted by Gasteiger charge is 2.32. The van der Waals surface area contributed by atoms with Gasteiger partial charge in [0.25, 0.3) is 5.91 Å². The number of nitrogens with zero attached hydrogens (tertiary/aromatic N) is 1. The summed E-state index contributed by atoms with van der Waals surface area (Å²) in [5.41, 5.74) is -1.52. The molecule has 1 amide bonds. The maximum absolute atomic E-state index is 13.5. The van der Waals surface area contributed by atoms with E-state index < -0.39 is 29.0 Å². The summed E-state index contributed by atoms with van der Waals surface area (Å²) in [6.07, 6.45) is -4.58. The van der Waals surface area contributed by atoms with Gasteiger partial charge in [0.2, 0.25) is 0 Å². The first-order valence-electron chi connectivity index (χ1n) is 5.63. The molecule has 1 aliphatic heterocycles. The molecule has 0 aliphatic carbocycles. The fraction of sp³-hybridized carbons (Fsp3) is 0.417. The summed E-state index contributed by atoms with van der Waals surface area (Å²) in [5.74, 6) is -0.168. The van der Waals surface area contributed by atoms with Gasteiger partial charge in [-0.25, -0.2) is 4.39 Å². The molecular formula is C12H11F4NOS. The van der Waals surface area contributed by atoms with Crippen LogP contribution in [-0.2, 0) is 6.18 Å². The largest absolute Gasteiger partial charge is 0.416 e. The zero-order valence-electron chi connectivity index (χ0n) is 9.84. The fourth-order valence-corrected chi connectivity index (χ4v) is 2.71. The van der Waals surface area contributed by atoms with E-state index in [1.54, 1.807) is 11.8 Å². The molecule has 0 spiro atoms. The summed E-state index contributed by atoms with van der Waals surface area (Å²) in [6.45, 7) is 0.859. The molecule has 0 N–H and O–H groups in total. The molecule has 104 valence electrons. The highest BCUT2D eigenvalue weighted by atomic mass is 32.2. The van der Waals surface area contributed by atoms with Crippen molar-refractivity contribution < 1.29 is 22.4 Å². The second-order valence-corrected chi connectivity index (χ2v) is 5.32. The monoisotopic (exact) mass is 293 g/mol. The third-order valence-corrected chi connectivity index (χ3v) is 3.76. The lowest BCUT2D eigenvalue weighted by Gasteiger charge is -2.26. The van der Waals surface area contributed by atoms with Gasteiger partial charge in [0, 0.05) is 24.6 Å². The van der Waals surface area contributed by atoms with Crippen LogP contribution in [0.1, 0.15) is 15.9 Å². The van der Waals surface area contributed by atoms with E-state index in [1.165, 1.54) is 4.90 Å². The van der Waals surface area contributed by atoms with Crippen molar-refractivity contribution in [1.82, 2.24) is 4.90 Å². The van der Waals surface area contributed by atoms with Gasteiger partial charge in [-0.2, -0.15) is 24.9 Å². The molecule has 2 rings (SSSR count). The van der Waals surface area contributed by atoms with Crippen molar-refractivity contribution in [3.8, 4) is 0 Å². The number of amides is 1. The zero-order chi connectivity index (χ0) is 14.0. The Balaban J connectivity index is 2.30. The first-order valence-corrected chi connectivity index (χ1v) is 6.79. The van der Waals surface area contributed by atoms with Crippen molar-refractivity contribution in [2.75, 3.05) is 24.6 Å². The lowest BCUT2D eigenvalue weighted by molar-refractivity contribution is -0.137. The minimum atomic E-state index is -4.58. The predicted molar refractivity (Wildman–Crippen MR) is 64.6 cm³/mol. The lowest BCUT2D eigenvalue weighted by Crippen LogP contribution is -2.38. The molecule has 0 bridgehead atoms. The van der Waals surface area contributed by atoms with Gasteiger partial charge in [-0.15, -0.1) is 0 Å². The van der Waals surface area contributed by atoms with E-state index in [1.807, 2.05) is 0 Å². The number of halogens is 4. The SMILES string of the molecule is O=C(c1cc(C(F)(F)F)ccc1F)N1CCSCC1. The maximum atomic E-state index is 13.5. The topological polar surface area (TPSA) is 20.3 Å². The minimum absolute atomic E-state index is 0.430. The van der Waals surface area contributed by atoms with Crippen molar-refractivity contribution in [3.05, 3.63) is 35.1 Å². The molecule has 1 saturated heterocycles. The molecule has 1 aromatic rings. The first-order chi connectivity index (χ1) is 8.89. The maximum Gasteiger partial charge on any atom is 0.416 e. The van der Waals surface area contributed by atoms with Crippen molar-refractivity contribution >= 4 is 17.7 Å². The average Bonchev–Trinajstić information content (AvgIpc) is 2.38. The van der Waals surface area contributed by atoms with E-state index in [-0.39, 0.29) is 0 Å². The number of carbonyl (C=O) groups excluding carboxylic acids is 1. The van der Waals surface area contributed by atoms with Gasteiger partial charge < -0.3 is 4.90 Å².